The molecule has 2 aromatic rings. The molecule has 1 aliphatic rings. The van der Waals surface area contributed by atoms with E-state index in [4.69, 9.17) is 10.2 Å². The molecule has 0 spiro atoms. The first kappa shape index (κ1) is 11.5. The molecule has 1 aromatic heterocycles. The SMILES string of the molecule is Cc1ccccc1-c1nc2c(o1)CCC(CN)C2. The highest BCUT2D eigenvalue weighted by Gasteiger charge is 2.23. The maximum Gasteiger partial charge on any atom is 0.226 e. The first-order valence-corrected chi connectivity index (χ1v) is 6.52. The fourth-order valence-electron chi connectivity index (χ4n) is 2.58. The molecule has 1 aliphatic carbocycles. The Kier molecular flexibility index (Phi) is 2.92. The molecule has 2 N–H and O–H groups in total. The number of aryl methyl sites for hydroxylation is 2. The van der Waals surface area contributed by atoms with Gasteiger partial charge in [-0.25, -0.2) is 4.98 Å². The van der Waals surface area contributed by atoms with Gasteiger partial charge in [-0.15, -0.1) is 0 Å². The van der Waals surface area contributed by atoms with Crippen molar-refractivity contribution in [1.29, 1.82) is 0 Å². The Hall–Kier alpha value is -1.61. The molecule has 94 valence electrons. The Morgan fingerprint density at radius 3 is 3.00 bits per heavy atom. The minimum Gasteiger partial charge on any atom is -0.441 e. The summed E-state index contributed by atoms with van der Waals surface area (Å²) in [6.07, 6.45) is 3.04. The van der Waals surface area contributed by atoms with Crippen LogP contribution in [0, 0.1) is 12.8 Å². The maximum absolute atomic E-state index is 5.91. The standard InChI is InChI=1S/C15H18N2O/c1-10-4-2-3-5-12(10)15-17-13-8-11(9-16)6-7-14(13)18-15/h2-5,11H,6-9,16H2,1H3. The number of hydrogen-bond donors (Lipinski definition) is 1. The molecule has 0 amide bonds. The summed E-state index contributed by atoms with van der Waals surface area (Å²) in [6.45, 7) is 2.83. The fourth-order valence-corrected chi connectivity index (χ4v) is 2.58. The zero-order valence-corrected chi connectivity index (χ0v) is 10.6. The second-order valence-corrected chi connectivity index (χ2v) is 5.05. The van der Waals surface area contributed by atoms with Crippen LogP contribution in [0.2, 0.25) is 0 Å². The van der Waals surface area contributed by atoms with Crippen LogP contribution in [-0.4, -0.2) is 11.5 Å². The molecule has 1 unspecified atom stereocenters. The van der Waals surface area contributed by atoms with Crippen molar-refractivity contribution in [3.63, 3.8) is 0 Å². The summed E-state index contributed by atoms with van der Waals surface area (Å²) in [5.41, 5.74) is 9.14. The summed E-state index contributed by atoms with van der Waals surface area (Å²) in [4.78, 5) is 4.66. The third kappa shape index (κ3) is 1.95. The van der Waals surface area contributed by atoms with Gasteiger partial charge < -0.3 is 10.2 Å². The van der Waals surface area contributed by atoms with E-state index in [0.29, 0.717) is 5.92 Å². The molecule has 1 atom stereocenters. The minimum absolute atomic E-state index is 0.562. The van der Waals surface area contributed by atoms with Crippen LogP contribution >= 0.6 is 0 Å². The highest BCUT2D eigenvalue weighted by Crippen LogP contribution is 2.30. The third-order valence-corrected chi connectivity index (χ3v) is 3.75. The molecule has 0 fully saturated rings. The summed E-state index contributed by atoms with van der Waals surface area (Å²) >= 11 is 0. The average molecular weight is 242 g/mol. The van der Waals surface area contributed by atoms with Gasteiger partial charge in [0.05, 0.1) is 5.69 Å². The molecule has 0 radical (unpaired) electrons. The predicted octanol–water partition coefficient (Wildman–Crippen LogP) is 2.71. The van der Waals surface area contributed by atoms with E-state index < -0.39 is 0 Å². The summed E-state index contributed by atoms with van der Waals surface area (Å²) < 4.78 is 5.91. The van der Waals surface area contributed by atoms with E-state index in [0.717, 1.165) is 48.7 Å². The van der Waals surface area contributed by atoms with Gasteiger partial charge in [0.2, 0.25) is 5.89 Å². The lowest BCUT2D eigenvalue weighted by atomic mass is 9.90. The van der Waals surface area contributed by atoms with Crippen molar-refractivity contribution in [3.8, 4) is 11.5 Å². The van der Waals surface area contributed by atoms with Crippen molar-refractivity contribution >= 4 is 0 Å². The smallest absolute Gasteiger partial charge is 0.226 e. The van der Waals surface area contributed by atoms with Crippen molar-refractivity contribution in [3.05, 3.63) is 41.3 Å². The number of hydrogen-bond acceptors (Lipinski definition) is 3. The molecule has 0 saturated heterocycles. The van der Waals surface area contributed by atoms with E-state index in [2.05, 4.69) is 24.0 Å². The zero-order valence-electron chi connectivity index (χ0n) is 10.6. The molecule has 3 heteroatoms. The van der Waals surface area contributed by atoms with Gasteiger partial charge in [0.25, 0.3) is 0 Å². The van der Waals surface area contributed by atoms with Crippen LogP contribution in [0.1, 0.15) is 23.4 Å². The quantitative estimate of drug-likeness (QED) is 0.881. The molecule has 3 nitrogen and oxygen atoms in total. The molecule has 18 heavy (non-hydrogen) atoms. The van der Waals surface area contributed by atoms with Crippen molar-refractivity contribution < 1.29 is 4.42 Å². The molecular formula is C15H18N2O. The molecule has 0 bridgehead atoms. The Morgan fingerprint density at radius 1 is 1.39 bits per heavy atom. The number of nitrogens with two attached hydrogens (primary N) is 1. The Labute approximate surface area is 107 Å². The summed E-state index contributed by atoms with van der Waals surface area (Å²) in [5.74, 6) is 2.38. The van der Waals surface area contributed by atoms with Crippen LogP contribution in [0.4, 0.5) is 0 Å². The van der Waals surface area contributed by atoms with E-state index in [1.54, 1.807) is 0 Å². The number of oxazole rings is 1. The summed E-state index contributed by atoms with van der Waals surface area (Å²) in [7, 11) is 0. The van der Waals surface area contributed by atoms with Crippen molar-refractivity contribution in [2.75, 3.05) is 6.54 Å². The summed E-state index contributed by atoms with van der Waals surface area (Å²) in [6, 6.07) is 8.20. The number of benzene rings is 1. The second-order valence-electron chi connectivity index (χ2n) is 5.05. The van der Waals surface area contributed by atoms with E-state index in [1.807, 2.05) is 12.1 Å². The topological polar surface area (TPSA) is 52.0 Å². The predicted molar refractivity (Wildman–Crippen MR) is 71.2 cm³/mol. The van der Waals surface area contributed by atoms with Gasteiger partial charge >= 0.3 is 0 Å². The maximum atomic E-state index is 5.91. The van der Waals surface area contributed by atoms with E-state index >= 15 is 0 Å². The lowest BCUT2D eigenvalue weighted by Crippen LogP contribution is -2.21. The van der Waals surface area contributed by atoms with Crippen LogP contribution < -0.4 is 5.73 Å². The van der Waals surface area contributed by atoms with Crippen LogP contribution in [0.15, 0.2) is 28.7 Å². The first-order chi connectivity index (χ1) is 8.78. The van der Waals surface area contributed by atoms with Crippen LogP contribution in [0.3, 0.4) is 0 Å². The van der Waals surface area contributed by atoms with E-state index in [1.165, 1.54) is 5.56 Å². The van der Waals surface area contributed by atoms with Gasteiger partial charge in [0.15, 0.2) is 0 Å². The molecule has 1 aromatic carbocycles. The third-order valence-electron chi connectivity index (χ3n) is 3.75. The van der Waals surface area contributed by atoms with Gasteiger partial charge in [-0.1, -0.05) is 18.2 Å². The van der Waals surface area contributed by atoms with Gasteiger partial charge in [-0.05, 0) is 43.9 Å². The number of rotatable bonds is 2. The van der Waals surface area contributed by atoms with Crippen molar-refractivity contribution in [2.45, 2.75) is 26.2 Å². The highest BCUT2D eigenvalue weighted by molar-refractivity contribution is 5.58. The molecular weight excluding hydrogens is 224 g/mol. The number of nitrogens with zero attached hydrogens (tertiary/aromatic N) is 1. The minimum atomic E-state index is 0.562. The Morgan fingerprint density at radius 2 is 2.22 bits per heavy atom. The van der Waals surface area contributed by atoms with E-state index in [9.17, 15) is 0 Å². The van der Waals surface area contributed by atoms with Crippen molar-refractivity contribution in [2.24, 2.45) is 11.7 Å². The fraction of sp³-hybridized carbons (Fsp3) is 0.400. The monoisotopic (exact) mass is 242 g/mol. The van der Waals surface area contributed by atoms with Gasteiger partial charge in [-0.2, -0.15) is 0 Å². The second kappa shape index (κ2) is 4.58. The number of aromatic nitrogens is 1. The van der Waals surface area contributed by atoms with Gasteiger partial charge in [0.1, 0.15) is 5.76 Å². The Bertz CT molecular complexity index is 559. The molecule has 0 aliphatic heterocycles. The first-order valence-electron chi connectivity index (χ1n) is 6.52. The molecule has 3 rings (SSSR count). The summed E-state index contributed by atoms with van der Waals surface area (Å²) in [5, 5.41) is 0. The normalized spacial score (nSPS) is 18.7. The van der Waals surface area contributed by atoms with E-state index in [-0.39, 0.29) is 0 Å². The van der Waals surface area contributed by atoms with Gasteiger partial charge in [0, 0.05) is 12.0 Å². The average Bonchev–Trinajstić information content (AvgIpc) is 2.81. The lowest BCUT2D eigenvalue weighted by molar-refractivity contribution is 0.413. The van der Waals surface area contributed by atoms with Crippen LogP contribution in [0.5, 0.6) is 0 Å². The highest BCUT2D eigenvalue weighted by atomic mass is 16.4. The van der Waals surface area contributed by atoms with Crippen LogP contribution in [-0.2, 0) is 12.8 Å². The van der Waals surface area contributed by atoms with Gasteiger partial charge in [-0.3, -0.25) is 0 Å². The van der Waals surface area contributed by atoms with Crippen molar-refractivity contribution in [1.82, 2.24) is 4.98 Å². The molecule has 1 heterocycles. The lowest BCUT2D eigenvalue weighted by Gasteiger charge is -2.17. The van der Waals surface area contributed by atoms with Crippen LogP contribution in [0.25, 0.3) is 11.5 Å². The number of fused-ring (bicyclic) bond motifs is 1. The largest absolute Gasteiger partial charge is 0.441 e. The zero-order chi connectivity index (χ0) is 12.5. The molecule has 0 saturated carbocycles. The Balaban J connectivity index is 1.97.